The highest BCUT2D eigenvalue weighted by Gasteiger charge is 2.33. The van der Waals surface area contributed by atoms with Gasteiger partial charge in [-0.25, -0.2) is 0 Å². The van der Waals surface area contributed by atoms with Gasteiger partial charge in [-0.2, -0.15) is 0 Å². The van der Waals surface area contributed by atoms with Crippen LogP contribution < -0.4 is 10.6 Å². The Labute approximate surface area is 165 Å². The summed E-state index contributed by atoms with van der Waals surface area (Å²) in [5.74, 6) is -0.402. The van der Waals surface area contributed by atoms with Crippen LogP contribution in [0.25, 0.3) is 0 Å². The van der Waals surface area contributed by atoms with Crippen molar-refractivity contribution in [1.82, 2.24) is 15.6 Å². The lowest BCUT2D eigenvalue weighted by Crippen LogP contribution is -2.44. The third-order valence-corrected chi connectivity index (χ3v) is 5.20. The number of rotatable bonds is 7. The minimum Gasteiger partial charge on any atom is -0.390 e. The highest BCUT2D eigenvalue weighted by Crippen LogP contribution is 2.31. The van der Waals surface area contributed by atoms with Crippen LogP contribution in [0.4, 0.5) is 0 Å². The third-order valence-electron chi connectivity index (χ3n) is 5.20. The molecule has 2 unspecified atom stereocenters. The number of hydrogen-bond acceptors (Lipinski definition) is 4. The number of aromatic nitrogens is 1. The molecule has 0 radical (unpaired) electrons. The first-order chi connectivity index (χ1) is 13.6. The van der Waals surface area contributed by atoms with E-state index in [0.29, 0.717) is 31.4 Å². The third kappa shape index (κ3) is 4.95. The van der Waals surface area contributed by atoms with E-state index < -0.39 is 6.10 Å². The molecule has 3 rings (SSSR count). The second-order valence-electron chi connectivity index (χ2n) is 7.31. The quantitative estimate of drug-likeness (QED) is 0.632. The molecule has 0 saturated carbocycles. The number of amides is 2. The zero-order chi connectivity index (χ0) is 19.9. The second-order valence-corrected chi connectivity index (χ2v) is 7.31. The summed E-state index contributed by atoms with van der Waals surface area (Å²) in [7, 11) is 0. The first-order valence-corrected chi connectivity index (χ1v) is 9.79. The molecule has 3 atom stereocenters. The van der Waals surface area contributed by atoms with Crippen molar-refractivity contribution in [3.05, 3.63) is 65.5 Å². The van der Waals surface area contributed by atoms with Gasteiger partial charge in [0.25, 0.3) is 5.91 Å². The van der Waals surface area contributed by atoms with Crippen LogP contribution in [0, 0.1) is 5.92 Å². The average molecular weight is 381 g/mol. The van der Waals surface area contributed by atoms with Gasteiger partial charge in [-0.1, -0.05) is 31.2 Å². The van der Waals surface area contributed by atoms with E-state index in [2.05, 4.69) is 21.7 Å². The van der Waals surface area contributed by atoms with Crippen LogP contribution in [-0.2, 0) is 4.79 Å². The SMILES string of the molecule is CC(CCCNC(=O)c1ccncc1)C(=O)N[C@H]1C2=C(C=CCC=C2)CC1O. The van der Waals surface area contributed by atoms with Crippen LogP contribution in [0.2, 0.25) is 0 Å². The monoisotopic (exact) mass is 381 g/mol. The minimum absolute atomic E-state index is 0.0695. The summed E-state index contributed by atoms with van der Waals surface area (Å²) in [6.07, 6.45) is 13.5. The van der Waals surface area contributed by atoms with E-state index in [-0.39, 0.29) is 23.8 Å². The number of aliphatic hydroxyl groups excluding tert-OH is 1. The lowest BCUT2D eigenvalue weighted by molar-refractivity contribution is -0.125. The van der Waals surface area contributed by atoms with Gasteiger partial charge in [0.05, 0.1) is 12.1 Å². The van der Waals surface area contributed by atoms with E-state index in [1.807, 2.05) is 25.2 Å². The molecule has 0 spiro atoms. The Morgan fingerprint density at radius 1 is 1.25 bits per heavy atom. The predicted molar refractivity (Wildman–Crippen MR) is 107 cm³/mol. The summed E-state index contributed by atoms with van der Waals surface area (Å²) in [6, 6.07) is 2.98. The summed E-state index contributed by atoms with van der Waals surface area (Å²) >= 11 is 0. The van der Waals surface area contributed by atoms with Gasteiger partial charge >= 0.3 is 0 Å². The summed E-state index contributed by atoms with van der Waals surface area (Å²) < 4.78 is 0. The van der Waals surface area contributed by atoms with E-state index >= 15 is 0 Å². The van der Waals surface area contributed by atoms with Crippen LogP contribution in [0.3, 0.4) is 0 Å². The number of hydrogen-bond donors (Lipinski definition) is 3. The lowest BCUT2D eigenvalue weighted by atomic mass is 10.0. The summed E-state index contributed by atoms with van der Waals surface area (Å²) in [5, 5.41) is 16.2. The maximum absolute atomic E-state index is 12.6. The van der Waals surface area contributed by atoms with Gasteiger partial charge in [-0.05, 0) is 42.5 Å². The largest absolute Gasteiger partial charge is 0.390 e. The Kier molecular flexibility index (Phi) is 6.76. The van der Waals surface area contributed by atoms with Crippen molar-refractivity contribution in [1.29, 1.82) is 0 Å². The first-order valence-electron chi connectivity index (χ1n) is 9.79. The molecule has 1 heterocycles. The average Bonchev–Trinajstić information content (AvgIpc) is 2.86. The smallest absolute Gasteiger partial charge is 0.251 e. The van der Waals surface area contributed by atoms with Gasteiger partial charge < -0.3 is 15.7 Å². The molecule has 0 aliphatic heterocycles. The molecule has 0 bridgehead atoms. The predicted octanol–water partition coefficient (Wildman–Crippen LogP) is 2.29. The molecule has 6 heteroatoms. The Hall–Kier alpha value is -2.73. The summed E-state index contributed by atoms with van der Waals surface area (Å²) in [5.41, 5.74) is 2.68. The zero-order valence-electron chi connectivity index (χ0n) is 16.1. The molecule has 2 aliphatic carbocycles. The molecule has 1 aromatic heterocycles. The standard InChI is InChI=1S/C22H27N3O3/c1-15(6-5-11-24-22(28)16-9-12-23-13-10-16)21(27)25-20-18-8-4-2-3-7-17(18)14-19(20)26/h3-4,7-10,12-13,15,19-20,26H,2,5-6,11,14H2,1H3,(H,24,28)(H,25,27)/t15?,19?,20-/m0/s1. The van der Waals surface area contributed by atoms with Gasteiger partial charge in [0.1, 0.15) is 0 Å². The van der Waals surface area contributed by atoms with E-state index in [1.165, 1.54) is 0 Å². The minimum atomic E-state index is -0.590. The molecule has 6 nitrogen and oxygen atoms in total. The Morgan fingerprint density at radius 3 is 2.79 bits per heavy atom. The Morgan fingerprint density at radius 2 is 2.00 bits per heavy atom. The molecular formula is C22H27N3O3. The fraction of sp³-hybridized carbons (Fsp3) is 0.409. The van der Waals surface area contributed by atoms with E-state index in [9.17, 15) is 14.7 Å². The van der Waals surface area contributed by atoms with Crippen molar-refractivity contribution in [2.45, 2.75) is 44.8 Å². The van der Waals surface area contributed by atoms with Crippen LogP contribution in [0.15, 0.2) is 60.0 Å². The van der Waals surface area contributed by atoms with Crippen molar-refractivity contribution in [2.75, 3.05) is 6.54 Å². The van der Waals surface area contributed by atoms with Gasteiger partial charge in [0.15, 0.2) is 0 Å². The Bertz CT molecular complexity index is 799. The van der Waals surface area contributed by atoms with Gasteiger partial charge in [0, 0.05) is 36.8 Å². The van der Waals surface area contributed by atoms with Crippen molar-refractivity contribution < 1.29 is 14.7 Å². The van der Waals surface area contributed by atoms with Crippen molar-refractivity contribution in [3.63, 3.8) is 0 Å². The van der Waals surface area contributed by atoms with Crippen LogP contribution in [0.5, 0.6) is 0 Å². The van der Waals surface area contributed by atoms with Crippen molar-refractivity contribution >= 4 is 11.8 Å². The number of nitrogens with zero attached hydrogens (tertiary/aromatic N) is 1. The van der Waals surface area contributed by atoms with Crippen LogP contribution in [0.1, 0.15) is 43.0 Å². The molecule has 2 aliphatic rings. The zero-order valence-corrected chi connectivity index (χ0v) is 16.1. The molecule has 0 saturated heterocycles. The molecule has 2 amide bonds. The highest BCUT2D eigenvalue weighted by molar-refractivity contribution is 5.93. The normalized spacial score (nSPS) is 21.8. The van der Waals surface area contributed by atoms with E-state index in [1.54, 1.807) is 24.5 Å². The lowest BCUT2D eigenvalue weighted by Gasteiger charge is -2.21. The Balaban J connectivity index is 1.44. The molecule has 0 aromatic carbocycles. The van der Waals surface area contributed by atoms with Gasteiger partial charge in [-0.15, -0.1) is 0 Å². The van der Waals surface area contributed by atoms with Crippen molar-refractivity contribution in [2.24, 2.45) is 5.92 Å². The maximum Gasteiger partial charge on any atom is 0.251 e. The number of aliphatic hydroxyl groups is 1. The molecule has 148 valence electrons. The molecule has 28 heavy (non-hydrogen) atoms. The number of carbonyl (C=O) groups excluding carboxylic acids is 2. The number of nitrogens with one attached hydrogen (secondary N) is 2. The van der Waals surface area contributed by atoms with Gasteiger partial charge in [0.2, 0.25) is 5.91 Å². The van der Waals surface area contributed by atoms with Crippen molar-refractivity contribution in [3.8, 4) is 0 Å². The number of pyridine rings is 1. The van der Waals surface area contributed by atoms with Crippen LogP contribution in [-0.4, -0.2) is 40.6 Å². The van der Waals surface area contributed by atoms with E-state index in [0.717, 1.165) is 17.6 Å². The highest BCUT2D eigenvalue weighted by atomic mass is 16.3. The molecule has 0 fully saturated rings. The van der Waals surface area contributed by atoms with Crippen LogP contribution >= 0.6 is 0 Å². The number of carbonyl (C=O) groups is 2. The fourth-order valence-corrected chi connectivity index (χ4v) is 3.54. The molecule has 1 aromatic rings. The van der Waals surface area contributed by atoms with Gasteiger partial charge in [-0.3, -0.25) is 14.6 Å². The first kappa shape index (κ1) is 20.0. The van der Waals surface area contributed by atoms with E-state index in [4.69, 9.17) is 0 Å². The fourth-order valence-electron chi connectivity index (χ4n) is 3.54. The second kappa shape index (κ2) is 9.46. The summed E-state index contributed by atoms with van der Waals surface area (Å²) in [6.45, 7) is 2.38. The topological polar surface area (TPSA) is 91.3 Å². The molecule has 3 N–H and O–H groups in total. The maximum atomic E-state index is 12.6. The number of allylic oxidation sites excluding steroid dienone is 3. The summed E-state index contributed by atoms with van der Waals surface area (Å²) in [4.78, 5) is 28.5. The molecular weight excluding hydrogens is 354 g/mol.